The van der Waals surface area contributed by atoms with Gasteiger partial charge in [-0.1, -0.05) is 12.8 Å². The summed E-state index contributed by atoms with van der Waals surface area (Å²) in [4.78, 5) is 25.0. The molecule has 3 aromatic heterocycles. The number of hydrogen-bond acceptors (Lipinski definition) is 8. The zero-order valence-corrected chi connectivity index (χ0v) is 19.3. The Balaban J connectivity index is 0.000000821. The van der Waals surface area contributed by atoms with Gasteiger partial charge in [0.1, 0.15) is 11.5 Å². The van der Waals surface area contributed by atoms with Crippen molar-refractivity contribution in [3.8, 4) is 0 Å². The van der Waals surface area contributed by atoms with Crippen LogP contribution in [-0.4, -0.2) is 52.1 Å². The van der Waals surface area contributed by atoms with E-state index < -0.39 is 0 Å². The molecule has 1 amide bonds. The van der Waals surface area contributed by atoms with E-state index >= 15 is 0 Å². The zero-order chi connectivity index (χ0) is 23.4. The SMILES string of the molecule is Cc1c(C)n(C2CCCC2)c2nc(Nc3ncccc3N3CCNCC3)nc(N)c12.NC=O. The second kappa shape index (κ2) is 10.0. The number of primary amides is 1. The van der Waals surface area contributed by atoms with Gasteiger partial charge in [-0.3, -0.25) is 4.79 Å². The van der Waals surface area contributed by atoms with Gasteiger partial charge >= 0.3 is 0 Å². The average Bonchev–Trinajstić information content (AvgIpc) is 3.42. The number of anilines is 4. The number of nitrogens with two attached hydrogens (primary N) is 2. The number of aryl methyl sites for hydroxylation is 1. The van der Waals surface area contributed by atoms with Gasteiger partial charge in [0.2, 0.25) is 12.4 Å². The van der Waals surface area contributed by atoms with Gasteiger partial charge in [0.25, 0.3) is 0 Å². The Morgan fingerprint density at radius 2 is 1.88 bits per heavy atom. The molecule has 33 heavy (non-hydrogen) atoms. The Morgan fingerprint density at radius 1 is 1.18 bits per heavy atom. The van der Waals surface area contributed by atoms with Crippen LogP contribution in [0.25, 0.3) is 11.0 Å². The van der Waals surface area contributed by atoms with E-state index in [0.29, 0.717) is 17.8 Å². The number of nitrogens with zero attached hydrogens (tertiary/aromatic N) is 5. The molecule has 0 bridgehead atoms. The van der Waals surface area contributed by atoms with E-state index in [-0.39, 0.29) is 6.41 Å². The number of rotatable bonds is 4. The number of fused-ring (bicyclic) bond motifs is 1. The molecule has 1 saturated heterocycles. The quantitative estimate of drug-likeness (QED) is 0.443. The molecule has 1 aliphatic heterocycles. The van der Waals surface area contributed by atoms with Gasteiger partial charge in [0.05, 0.1) is 11.1 Å². The molecule has 10 heteroatoms. The van der Waals surface area contributed by atoms with E-state index in [1.165, 1.54) is 36.9 Å². The van der Waals surface area contributed by atoms with E-state index in [9.17, 15) is 0 Å². The van der Waals surface area contributed by atoms with E-state index in [2.05, 4.69) is 55.7 Å². The molecule has 1 saturated carbocycles. The molecule has 2 fully saturated rings. The van der Waals surface area contributed by atoms with Crippen LogP contribution in [0.15, 0.2) is 18.3 Å². The number of amides is 1. The maximum Gasteiger partial charge on any atom is 0.232 e. The second-order valence-electron chi connectivity index (χ2n) is 8.52. The summed E-state index contributed by atoms with van der Waals surface area (Å²) in [5.41, 5.74) is 15.0. The van der Waals surface area contributed by atoms with Crippen LogP contribution in [0, 0.1) is 13.8 Å². The van der Waals surface area contributed by atoms with Gasteiger partial charge in [-0.15, -0.1) is 0 Å². The van der Waals surface area contributed by atoms with Crippen LogP contribution in [0.4, 0.5) is 23.3 Å². The molecule has 2 aliphatic rings. The highest BCUT2D eigenvalue weighted by atomic mass is 16.1. The molecule has 0 aromatic carbocycles. The molecule has 4 heterocycles. The van der Waals surface area contributed by atoms with Crippen molar-refractivity contribution in [1.29, 1.82) is 0 Å². The van der Waals surface area contributed by atoms with Gasteiger partial charge in [0.15, 0.2) is 5.82 Å². The molecule has 0 radical (unpaired) electrons. The molecule has 10 nitrogen and oxygen atoms in total. The lowest BCUT2D eigenvalue weighted by Gasteiger charge is -2.30. The van der Waals surface area contributed by atoms with Crippen molar-refractivity contribution in [2.75, 3.05) is 42.1 Å². The smallest absolute Gasteiger partial charge is 0.232 e. The minimum atomic E-state index is 0.250. The molecule has 3 aromatic rings. The fourth-order valence-corrected chi connectivity index (χ4v) is 4.95. The summed E-state index contributed by atoms with van der Waals surface area (Å²) in [7, 11) is 0. The largest absolute Gasteiger partial charge is 0.383 e. The Hall–Kier alpha value is -3.40. The molecule has 0 spiro atoms. The van der Waals surface area contributed by atoms with Crippen LogP contribution in [0.2, 0.25) is 0 Å². The molecule has 176 valence electrons. The standard InChI is InChI=1S/C22H30N8.CH3NO/c1-14-15(2)30(16-6-3-4-7-16)21-18(14)19(23)26-22(28-21)27-20-17(8-5-9-25-20)29-12-10-24-11-13-29;2-1-3/h5,8-9,16,24H,3-4,6-7,10-13H2,1-2H3,(H3,23,25,26,27,28);1H,(H2,2,3). The van der Waals surface area contributed by atoms with E-state index in [0.717, 1.165) is 48.7 Å². The van der Waals surface area contributed by atoms with Crippen LogP contribution in [0.3, 0.4) is 0 Å². The average molecular weight is 452 g/mol. The number of hydrogen-bond donors (Lipinski definition) is 4. The van der Waals surface area contributed by atoms with Gasteiger partial charge in [-0.25, -0.2) is 4.98 Å². The van der Waals surface area contributed by atoms with Crippen LogP contribution in [-0.2, 0) is 4.79 Å². The summed E-state index contributed by atoms with van der Waals surface area (Å²) < 4.78 is 2.39. The summed E-state index contributed by atoms with van der Waals surface area (Å²) in [6, 6.07) is 4.56. The minimum absolute atomic E-state index is 0.250. The maximum absolute atomic E-state index is 8.58. The maximum atomic E-state index is 8.58. The third-order valence-electron chi connectivity index (χ3n) is 6.59. The molecule has 5 rings (SSSR count). The fourth-order valence-electron chi connectivity index (χ4n) is 4.95. The van der Waals surface area contributed by atoms with E-state index in [4.69, 9.17) is 15.5 Å². The Labute approximate surface area is 193 Å². The number of pyridine rings is 1. The molecule has 0 atom stereocenters. The topological polar surface area (TPSA) is 140 Å². The highest BCUT2D eigenvalue weighted by Gasteiger charge is 2.25. The van der Waals surface area contributed by atoms with Crippen molar-refractivity contribution in [2.24, 2.45) is 5.73 Å². The van der Waals surface area contributed by atoms with Crippen molar-refractivity contribution in [2.45, 2.75) is 45.6 Å². The number of piperazine rings is 1. The summed E-state index contributed by atoms with van der Waals surface area (Å²) in [6.07, 6.45) is 6.99. The van der Waals surface area contributed by atoms with Crippen molar-refractivity contribution < 1.29 is 4.79 Å². The van der Waals surface area contributed by atoms with Crippen molar-refractivity contribution >= 4 is 40.7 Å². The fraction of sp³-hybridized carbons (Fsp3) is 0.478. The summed E-state index contributed by atoms with van der Waals surface area (Å²) in [6.45, 7) is 8.13. The molecular formula is C23H33N9O. The Morgan fingerprint density at radius 3 is 2.58 bits per heavy atom. The van der Waals surface area contributed by atoms with Crippen LogP contribution in [0.1, 0.15) is 43.0 Å². The molecule has 1 aliphatic carbocycles. The van der Waals surface area contributed by atoms with Gasteiger partial charge in [-0.2, -0.15) is 9.97 Å². The number of nitrogen functional groups attached to an aromatic ring is 1. The first-order chi connectivity index (χ1) is 16.0. The van der Waals surface area contributed by atoms with Crippen molar-refractivity contribution in [1.82, 2.24) is 24.8 Å². The van der Waals surface area contributed by atoms with Crippen molar-refractivity contribution in [3.05, 3.63) is 29.6 Å². The number of carbonyl (C=O) groups is 1. The number of nitrogens with one attached hydrogen (secondary N) is 2. The molecule has 6 N–H and O–H groups in total. The highest BCUT2D eigenvalue weighted by Crippen LogP contribution is 2.38. The summed E-state index contributed by atoms with van der Waals surface area (Å²) in [5, 5.41) is 7.74. The zero-order valence-electron chi connectivity index (χ0n) is 19.3. The number of aromatic nitrogens is 4. The van der Waals surface area contributed by atoms with E-state index in [1.54, 1.807) is 6.20 Å². The first-order valence-electron chi connectivity index (χ1n) is 11.5. The molecule has 0 unspecified atom stereocenters. The van der Waals surface area contributed by atoms with Crippen LogP contribution < -0.4 is 27.0 Å². The minimum Gasteiger partial charge on any atom is -0.383 e. The summed E-state index contributed by atoms with van der Waals surface area (Å²) in [5.74, 6) is 1.80. The van der Waals surface area contributed by atoms with Gasteiger partial charge in [0, 0.05) is 44.1 Å². The van der Waals surface area contributed by atoms with Crippen molar-refractivity contribution in [3.63, 3.8) is 0 Å². The Kier molecular flexibility index (Phi) is 6.93. The Bertz CT molecular complexity index is 1110. The lowest BCUT2D eigenvalue weighted by Crippen LogP contribution is -2.43. The number of carbonyl (C=O) groups excluding carboxylic acids is 1. The van der Waals surface area contributed by atoms with Crippen LogP contribution in [0.5, 0.6) is 0 Å². The van der Waals surface area contributed by atoms with E-state index in [1.807, 2.05) is 6.07 Å². The normalized spacial score (nSPS) is 16.5. The lowest BCUT2D eigenvalue weighted by atomic mass is 10.2. The predicted molar refractivity (Wildman–Crippen MR) is 132 cm³/mol. The van der Waals surface area contributed by atoms with Gasteiger partial charge < -0.3 is 31.6 Å². The third-order valence-corrected chi connectivity index (χ3v) is 6.59. The summed E-state index contributed by atoms with van der Waals surface area (Å²) >= 11 is 0. The predicted octanol–water partition coefficient (Wildman–Crippen LogP) is 2.40. The van der Waals surface area contributed by atoms with Gasteiger partial charge in [-0.05, 0) is 44.4 Å². The third kappa shape index (κ3) is 4.56. The van der Waals surface area contributed by atoms with Crippen LogP contribution >= 0.6 is 0 Å². The second-order valence-corrected chi connectivity index (χ2v) is 8.52. The molecular weight excluding hydrogens is 418 g/mol. The first-order valence-corrected chi connectivity index (χ1v) is 11.5. The highest BCUT2D eigenvalue weighted by molar-refractivity contribution is 5.92. The monoisotopic (exact) mass is 451 g/mol. The lowest BCUT2D eigenvalue weighted by molar-refractivity contribution is -0.106. The first kappa shape index (κ1) is 22.8.